The number of nitrogens with zero attached hydrogens (tertiary/aromatic N) is 5. The third-order valence-corrected chi connectivity index (χ3v) is 3.97. The number of aliphatic hydroxyl groups excluding tert-OH is 1. The van der Waals surface area contributed by atoms with Crippen LogP contribution in [0.25, 0.3) is 0 Å². The van der Waals surface area contributed by atoms with Gasteiger partial charge in [-0.2, -0.15) is 4.98 Å². The van der Waals surface area contributed by atoms with Gasteiger partial charge in [0.05, 0.1) is 18.3 Å². The standard InChI is InChI=1S/C15H26N6O2/c1-9(22)12(16)14(23)21-7-6-10-11(8-21)17-15(20(4)5)18-13(10)19(2)3/h9,12,22H,6-8,16H2,1-5H3/t9-,12+/m1/s1. The van der Waals surface area contributed by atoms with Crippen molar-refractivity contribution >= 4 is 17.7 Å². The molecule has 2 heterocycles. The summed E-state index contributed by atoms with van der Waals surface area (Å²) in [6.45, 7) is 2.47. The minimum absolute atomic E-state index is 0.248. The summed E-state index contributed by atoms with van der Waals surface area (Å²) in [5.41, 5.74) is 7.68. The number of amides is 1. The molecule has 8 nitrogen and oxygen atoms in total. The van der Waals surface area contributed by atoms with Gasteiger partial charge in [-0.3, -0.25) is 4.79 Å². The van der Waals surface area contributed by atoms with Gasteiger partial charge >= 0.3 is 0 Å². The largest absolute Gasteiger partial charge is 0.391 e. The smallest absolute Gasteiger partial charge is 0.242 e. The average Bonchev–Trinajstić information content (AvgIpc) is 2.51. The molecule has 0 radical (unpaired) electrons. The lowest BCUT2D eigenvalue weighted by Gasteiger charge is -2.33. The van der Waals surface area contributed by atoms with Crippen LogP contribution in [0.4, 0.5) is 11.8 Å². The Morgan fingerprint density at radius 1 is 1.26 bits per heavy atom. The number of hydrogen-bond acceptors (Lipinski definition) is 7. The van der Waals surface area contributed by atoms with Gasteiger partial charge in [-0.1, -0.05) is 0 Å². The van der Waals surface area contributed by atoms with Gasteiger partial charge in [0.15, 0.2) is 0 Å². The number of aliphatic hydroxyl groups is 1. The van der Waals surface area contributed by atoms with Gasteiger partial charge in [0.2, 0.25) is 11.9 Å². The fourth-order valence-corrected chi connectivity index (χ4v) is 2.57. The fourth-order valence-electron chi connectivity index (χ4n) is 2.57. The summed E-state index contributed by atoms with van der Waals surface area (Å²) in [6, 6.07) is -0.903. The van der Waals surface area contributed by atoms with E-state index in [1.165, 1.54) is 6.92 Å². The minimum atomic E-state index is -0.903. The first kappa shape index (κ1) is 17.4. The lowest BCUT2D eigenvalue weighted by atomic mass is 10.0. The van der Waals surface area contributed by atoms with E-state index in [-0.39, 0.29) is 5.91 Å². The van der Waals surface area contributed by atoms with E-state index >= 15 is 0 Å². The summed E-state index contributed by atoms with van der Waals surface area (Å²) >= 11 is 0. The van der Waals surface area contributed by atoms with Gasteiger partial charge in [-0.05, 0) is 13.3 Å². The Morgan fingerprint density at radius 3 is 2.43 bits per heavy atom. The zero-order valence-electron chi connectivity index (χ0n) is 14.4. The van der Waals surface area contributed by atoms with Gasteiger partial charge < -0.3 is 25.5 Å². The Bertz CT molecular complexity index is 588. The quantitative estimate of drug-likeness (QED) is 0.749. The molecular weight excluding hydrogens is 296 g/mol. The monoisotopic (exact) mass is 322 g/mol. The minimum Gasteiger partial charge on any atom is -0.391 e. The average molecular weight is 322 g/mol. The summed E-state index contributed by atoms with van der Waals surface area (Å²) in [6.07, 6.45) is -0.196. The molecule has 0 aliphatic carbocycles. The van der Waals surface area contributed by atoms with Crippen LogP contribution in [-0.4, -0.2) is 72.8 Å². The highest BCUT2D eigenvalue weighted by Gasteiger charge is 2.30. The van der Waals surface area contributed by atoms with E-state index in [1.54, 1.807) is 4.90 Å². The number of carbonyl (C=O) groups excluding carboxylic acids is 1. The summed E-state index contributed by atoms with van der Waals surface area (Å²) in [5.74, 6) is 1.24. The topological polar surface area (TPSA) is 98.8 Å². The van der Waals surface area contributed by atoms with Crippen LogP contribution in [0.1, 0.15) is 18.2 Å². The van der Waals surface area contributed by atoms with E-state index in [9.17, 15) is 9.90 Å². The van der Waals surface area contributed by atoms with Crippen molar-refractivity contribution in [3.63, 3.8) is 0 Å². The normalized spacial score (nSPS) is 16.6. The Morgan fingerprint density at radius 2 is 1.91 bits per heavy atom. The predicted molar refractivity (Wildman–Crippen MR) is 89.5 cm³/mol. The van der Waals surface area contributed by atoms with Gasteiger partial charge in [-0.15, -0.1) is 0 Å². The first-order chi connectivity index (χ1) is 10.7. The molecule has 2 rings (SSSR count). The molecule has 0 fully saturated rings. The van der Waals surface area contributed by atoms with E-state index in [1.807, 2.05) is 38.0 Å². The fraction of sp³-hybridized carbons (Fsp3) is 0.667. The predicted octanol–water partition coefficient (Wildman–Crippen LogP) is -0.799. The van der Waals surface area contributed by atoms with Crippen molar-refractivity contribution < 1.29 is 9.90 Å². The molecule has 2 atom stereocenters. The van der Waals surface area contributed by atoms with E-state index in [2.05, 4.69) is 9.97 Å². The zero-order valence-corrected chi connectivity index (χ0v) is 14.4. The number of carbonyl (C=O) groups is 1. The molecule has 0 spiro atoms. The third kappa shape index (κ3) is 3.53. The lowest BCUT2D eigenvalue weighted by Crippen LogP contribution is -2.50. The van der Waals surface area contributed by atoms with Crippen molar-refractivity contribution in [1.29, 1.82) is 0 Å². The van der Waals surface area contributed by atoms with Crippen LogP contribution in [0.3, 0.4) is 0 Å². The zero-order chi connectivity index (χ0) is 17.3. The number of anilines is 2. The van der Waals surface area contributed by atoms with Gasteiger partial charge in [-0.25, -0.2) is 4.98 Å². The number of fused-ring (bicyclic) bond motifs is 1. The van der Waals surface area contributed by atoms with Crippen LogP contribution in [0, 0.1) is 0 Å². The van der Waals surface area contributed by atoms with Gasteiger partial charge in [0.25, 0.3) is 0 Å². The molecule has 0 unspecified atom stereocenters. The number of rotatable bonds is 4. The highest BCUT2D eigenvalue weighted by Crippen LogP contribution is 2.27. The molecule has 3 N–H and O–H groups in total. The van der Waals surface area contributed by atoms with Crippen LogP contribution < -0.4 is 15.5 Å². The van der Waals surface area contributed by atoms with E-state index in [0.717, 1.165) is 17.1 Å². The van der Waals surface area contributed by atoms with Crippen LogP contribution in [0.15, 0.2) is 0 Å². The molecule has 1 aliphatic rings. The lowest BCUT2D eigenvalue weighted by molar-refractivity contribution is -0.135. The SMILES string of the molecule is C[C@@H](O)[C@H](N)C(=O)N1CCc2c(nc(N(C)C)nc2N(C)C)C1. The van der Waals surface area contributed by atoms with Crippen molar-refractivity contribution in [2.45, 2.75) is 32.0 Å². The maximum Gasteiger partial charge on any atom is 0.242 e. The molecule has 0 bridgehead atoms. The van der Waals surface area contributed by atoms with Crippen molar-refractivity contribution in [2.75, 3.05) is 44.5 Å². The molecule has 1 aromatic heterocycles. The van der Waals surface area contributed by atoms with Crippen molar-refractivity contribution in [3.05, 3.63) is 11.3 Å². The van der Waals surface area contributed by atoms with Crippen LogP contribution in [-0.2, 0) is 17.8 Å². The Balaban J connectivity index is 2.34. The van der Waals surface area contributed by atoms with Gasteiger partial charge in [0, 0.05) is 40.3 Å². The second kappa shape index (κ2) is 6.67. The molecule has 8 heteroatoms. The Labute approximate surface area is 136 Å². The highest BCUT2D eigenvalue weighted by atomic mass is 16.3. The second-order valence-electron chi connectivity index (χ2n) is 6.34. The summed E-state index contributed by atoms with van der Waals surface area (Å²) in [5, 5.41) is 9.54. The maximum absolute atomic E-state index is 12.4. The molecule has 0 saturated carbocycles. The first-order valence-electron chi connectivity index (χ1n) is 7.69. The van der Waals surface area contributed by atoms with Gasteiger partial charge in [0.1, 0.15) is 11.9 Å². The molecular formula is C15H26N6O2. The molecule has 1 amide bonds. The second-order valence-corrected chi connectivity index (χ2v) is 6.34. The van der Waals surface area contributed by atoms with E-state index < -0.39 is 12.1 Å². The van der Waals surface area contributed by atoms with Crippen molar-refractivity contribution in [3.8, 4) is 0 Å². The molecule has 0 aromatic carbocycles. The van der Waals surface area contributed by atoms with E-state index in [4.69, 9.17) is 5.73 Å². The molecule has 1 aliphatic heterocycles. The molecule has 1 aromatic rings. The Kier molecular flexibility index (Phi) is 5.06. The first-order valence-corrected chi connectivity index (χ1v) is 7.69. The third-order valence-electron chi connectivity index (χ3n) is 3.97. The van der Waals surface area contributed by atoms with Crippen LogP contribution in [0.2, 0.25) is 0 Å². The Hall–Kier alpha value is -1.93. The highest BCUT2D eigenvalue weighted by molar-refractivity contribution is 5.82. The maximum atomic E-state index is 12.4. The number of nitrogens with two attached hydrogens (primary N) is 1. The van der Waals surface area contributed by atoms with Crippen LogP contribution >= 0.6 is 0 Å². The van der Waals surface area contributed by atoms with Crippen LogP contribution in [0.5, 0.6) is 0 Å². The molecule has 0 saturated heterocycles. The summed E-state index contributed by atoms with van der Waals surface area (Å²) in [4.78, 5) is 27.0. The summed E-state index contributed by atoms with van der Waals surface area (Å²) in [7, 11) is 7.67. The summed E-state index contributed by atoms with van der Waals surface area (Å²) < 4.78 is 0. The molecule has 23 heavy (non-hydrogen) atoms. The molecule has 128 valence electrons. The van der Waals surface area contributed by atoms with Crippen molar-refractivity contribution in [1.82, 2.24) is 14.9 Å². The van der Waals surface area contributed by atoms with E-state index in [0.29, 0.717) is 25.5 Å². The number of aromatic nitrogens is 2. The number of hydrogen-bond donors (Lipinski definition) is 2. The van der Waals surface area contributed by atoms with Crippen molar-refractivity contribution in [2.24, 2.45) is 5.73 Å².